The van der Waals surface area contributed by atoms with Crippen molar-refractivity contribution in [2.24, 2.45) is 5.92 Å². The molecule has 1 aromatic rings. The van der Waals surface area contributed by atoms with Crippen LogP contribution in [0.1, 0.15) is 50.6 Å². The van der Waals surface area contributed by atoms with Crippen molar-refractivity contribution < 1.29 is 9.13 Å². The van der Waals surface area contributed by atoms with E-state index in [1.807, 2.05) is 0 Å². The fraction of sp³-hybridized carbons (Fsp3) is 0.625. The predicted molar refractivity (Wildman–Crippen MR) is 73.8 cm³/mol. The average Bonchev–Trinajstić information content (AvgIpc) is 2.93. The minimum absolute atomic E-state index is 0.176. The summed E-state index contributed by atoms with van der Waals surface area (Å²) >= 11 is 0. The molecule has 0 radical (unpaired) electrons. The Morgan fingerprint density at radius 1 is 1.32 bits per heavy atom. The van der Waals surface area contributed by atoms with Crippen LogP contribution in [0.2, 0.25) is 0 Å². The summed E-state index contributed by atoms with van der Waals surface area (Å²) in [5.74, 6) is 1.37. The maximum Gasteiger partial charge on any atom is 0.124 e. The molecule has 19 heavy (non-hydrogen) atoms. The first-order valence-electron chi connectivity index (χ1n) is 7.47. The smallest absolute Gasteiger partial charge is 0.124 e. The van der Waals surface area contributed by atoms with Crippen molar-refractivity contribution in [1.82, 2.24) is 5.32 Å². The molecule has 0 bridgehead atoms. The molecule has 0 spiro atoms. The number of ether oxygens (including phenoxy) is 1. The van der Waals surface area contributed by atoms with E-state index >= 15 is 0 Å². The summed E-state index contributed by atoms with van der Waals surface area (Å²) < 4.78 is 19.6. The number of nitrogens with one attached hydrogen (secondary N) is 1. The molecule has 2 aliphatic rings. The molecule has 1 aromatic carbocycles. The van der Waals surface area contributed by atoms with Crippen LogP contribution in [0.25, 0.3) is 0 Å². The van der Waals surface area contributed by atoms with E-state index in [1.165, 1.54) is 31.7 Å². The minimum atomic E-state index is -0.176. The lowest BCUT2D eigenvalue weighted by Crippen LogP contribution is -2.36. The van der Waals surface area contributed by atoms with Gasteiger partial charge >= 0.3 is 0 Å². The lowest BCUT2D eigenvalue weighted by molar-refractivity contribution is 0.0948. The Morgan fingerprint density at radius 3 is 2.84 bits per heavy atom. The van der Waals surface area contributed by atoms with Gasteiger partial charge in [-0.3, -0.25) is 0 Å². The van der Waals surface area contributed by atoms with Crippen molar-refractivity contribution in [3.63, 3.8) is 0 Å². The van der Waals surface area contributed by atoms with Crippen LogP contribution in [0.5, 0.6) is 5.75 Å². The maximum atomic E-state index is 13.4. The molecule has 2 unspecified atom stereocenters. The van der Waals surface area contributed by atoms with Gasteiger partial charge in [-0.05, 0) is 43.5 Å². The minimum Gasteiger partial charge on any atom is -0.490 e. The van der Waals surface area contributed by atoms with Gasteiger partial charge in [0, 0.05) is 18.0 Å². The number of hydrogen-bond acceptors (Lipinski definition) is 2. The first-order chi connectivity index (χ1) is 9.28. The Hall–Kier alpha value is -1.09. The second kappa shape index (κ2) is 5.49. The normalized spacial score (nSPS) is 27.1. The van der Waals surface area contributed by atoms with E-state index in [-0.39, 0.29) is 11.9 Å². The van der Waals surface area contributed by atoms with Gasteiger partial charge < -0.3 is 10.1 Å². The van der Waals surface area contributed by atoms with E-state index in [0.717, 1.165) is 24.3 Å². The van der Waals surface area contributed by atoms with Crippen molar-refractivity contribution in [2.75, 3.05) is 6.54 Å². The average molecular weight is 263 g/mol. The maximum absolute atomic E-state index is 13.4. The standard InChI is InChI=1S/C16H22FNO/c1-2-18-14-10-16(11-5-3-4-6-11)19-15-8-7-12(17)9-13(14)15/h7-9,11,14,16,18H,2-6,10H2,1H3. The van der Waals surface area contributed by atoms with Crippen LogP contribution in [-0.2, 0) is 0 Å². The summed E-state index contributed by atoms with van der Waals surface area (Å²) in [6.07, 6.45) is 6.47. The summed E-state index contributed by atoms with van der Waals surface area (Å²) in [6, 6.07) is 5.14. The molecule has 1 heterocycles. The van der Waals surface area contributed by atoms with Crippen LogP contribution in [0.15, 0.2) is 18.2 Å². The Balaban J connectivity index is 1.85. The molecular formula is C16H22FNO. The van der Waals surface area contributed by atoms with Gasteiger partial charge in [0.05, 0.1) is 0 Å². The zero-order valence-electron chi connectivity index (χ0n) is 11.5. The van der Waals surface area contributed by atoms with Gasteiger partial charge in [-0.2, -0.15) is 0 Å². The highest BCUT2D eigenvalue weighted by molar-refractivity contribution is 5.38. The zero-order chi connectivity index (χ0) is 13.2. The van der Waals surface area contributed by atoms with Gasteiger partial charge in [-0.1, -0.05) is 19.8 Å². The van der Waals surface area contributed by atoms with Crippen LogP contribution in [-0.4, -0.2) is 12.6 Å². The number of fused-ring (bicyclic) bond motifs is 1. The fourth-order valence-electron chi connectivity index (χ4n) is 3.53. The molecule has 2 nitrogen and oxygen atoms in total. The van der Waals surface area contributed by atoms with Crippen molar-refractivity contribution in [2.45, 2.75) is 51.2 Å². The molecule has 1 aliphatic heterocycles. The third-order valence-corrected chi connectivity index (χ3v) is 4.47. The van der Waals surface area contributed by atoms with Gasteiger partial charge in [-0.25, -0.2) is 4.39 Å². The SMILES string of the molecule is CCNC1CC(C2CCCC2)Oc2ccc(F)cc21. The van der Waals surface area contributed by atoms with Crippen LogP contribution in [0.4, 0.5) is 4.39 Å². The van der Waals surface area contributed by atoms with E-state index < -0.39 is 0 Å². The van der Waals surface area contributed by atoms with Crippen molar-refractivity contribution in [3.8, 4) is 5.75 Å². The first-order valence-corrected chi connectivity index (χ1v) is 7.47. The zero-order valence-corrected chi connectivity index (χ0v) is 11.5. The molecule has 104 valence electrons. The van der Waals surface area contributed by atoms with E-state index in [1.54, 1.807) is 12.1 Å². The monoisotopic (exact) mass is 263 g/mol. The first kappa shape index (κ1) is 12.9. The van der Waals surface area contributed by atoms with Crippen molar-refractivity contribution in [1.29, 1.82) is 0 Å². The lowest BCUT2D eigenvalue weighted by Gasteiger charge is -2.35. The summed E-state index contributed by atoms with van der Waals surface area (Å²) in [7, 11) is 0. The van der Waals surface area contributed by atoms with E-state index in [4.69, 9.17) is 4.74 Å². The van der Waals surface area contributed by atoms with Crippen molar-refractivity contribution >= 4 is 0 Å². The molecule has 3 rings (SSSR count). The third-order valence-electron chi connectivity index (χ3n) is 4.47. The molecule has 1 saturated carbocycles. The second-order valence-corrected chi connectivity index (χ2v) is 5.73. The lowest BCUT2D eigenvalue weighted by atomic mass is 9.89. The Morgan fingerprint density at radius 2 is 2.11 bits per heavy atom. The van der Waals surface area contributed by atoms with Crippen LogP contribution >= 0.6 is 0 Å². The van der Waals surface area contributed by atoms with Crippen molar-refractivity contribution in [3.05, 3.63) is 29.6 Å². The molecule has 2 atom stereocenters. The third kappa shape index (κ3) is 2.62. The van der Waals surface area contributed by atoms with Gasteiger partial charge in [0.2, 0.25) is 0 Å². The van der Waals surface area contributed by atoms with Crippen LogP contribution in [0, 0.1) is 11.7 Å². The van der Waals surface area contributed by atoms with Crippen LogP contribution in [0.3, 0.4) is 0 Å². The Labute approximate surface area is 114 Å². The summed E-state index contributed by atoms with van der Waals surface area (Å²) in [5, 5.41) is 3.47. The quantitative estimate of drug-likeness (QED) is 0.895. The Bertz CT molecular complexity index is 442. The number of halogens is 1. The molecule has 0 aromatic heterocycles. The topological polar surface area (TPSA) is 21.3 Å². The van der Waals surface area contributed by atoms with Gasteiger partial charge in [0.25, 0.3) is 0 Å². The number of benzene rings is 1. The molecule has 3 heteroatoms. The molecule has 0 saturated heterocycles. The van der Waals surface area contributed by atoms with E-state index in [2.05, 4.69) is 12.2 Å². The largest absolute Gasteiger partial charge is 0.490 e. The summed E-state index contributed by atoms with van der Waals surface area (Å²) in [5.41, 5.74) is 0.982. The molecule has 1 aliphatic carbocycles. The second-order valence-electron chi connectivity index (χ2n) is 5.73. The van der Waals surface area contributed by atoms with Gasteiger partial charge in [-0.15, -0.1) is 0 Å². The van der Waals surface area contributed by atoms with E-state index in [9.17, 15) is 4.39 Å². The van der Waals surface area contributed by atoms with Gasteiger partial charge in [0.1, 0.15) is 17.7 Å². The number of hydrogen-bond donors (Lipinski definition) is 1. The fourth-order valence-corrected chi connectivity index (χ4v) is 3.53. The van der Waals surface area contributed by atoms with Crippen LogP contribution < -0.4 is 10.1 Å². The predicted octanol–water partition coefficient (Wildman–Crippen LogP) is 3.82. The highest BCUT2D eigenvalue weighted by atomic mass is 19.1. The highest BCUT2D eigenvalue weighted by Crippen LogP contribution is 2.41. The molecule has 1 fully saturated rings. The molecule has 1 N–H and O–H groups in total. The molecule has 0 amide bonds. The highest BCUT2D eigenvalue weighted by Gasteiger charge is 2.34. The summed E-state index contributed by atoms with van der Waals surface area (Å²) in [6.45, 7) is 3.00. The summed E-state index contributed by atoms with van der Waals surface area (Å²) in [4.78, 5) is 0. The van der Waals surface area contributed by atoms with E-state index in [0.29, 0.717) is 12.0 Å². The van der Waals surface area contributed by atoms with Gasteiger partial charge in [0.15, 0.2) is 0 Å². The number of rotatable bonds is 3. The Kier molecular flexibility index (Phi) is 3.74. The molecular weight excluding hydrogens is 241 g/mol.